The highest BCUT2D eigenvalue weighted by molar-refractivity contribution is 7.90. The number of hydrogen-bond acceptors (Lipinski definition) is 4. The number of unbranched alkanes of at least 4 members (excludes halogenated alkanes) is 1. The molecule has 1 heterocycles. The van der Waals surface area contributed by atoms with Gasteiger partial charge in [-0.05, 0) is 56.8 Å². The smallest absolute Gasteiger partial charge is 0.268 e. The summed E-state index contributed by atoms with van der Waals surface area (Å²) in [6.45, 7) is 1.44. The van der Waals surface area contributed by atoms with Gasteiger partial charge in [-0.2, -0.15) is 0 Å². The molecule has 3 aromatic rings. The SMILES string of the molecule is CNCCCCOc1cn(S(=O)(=O)c2ccccc2)c2cc(Cl)ccc12. The zero-order valence-corrected chi connectivity index (χ0v) is 16.1. The van der Waals surface area contributed by atoms with Gasteiger partial charge < -0.3 is 10.1 Å². The predicted molar refractivity (Wildman–Crippen MR) is 105 cm³/mol. The van der Waals surface area contributed by atoms with Crippen LogP contribution in [0.3, 0.4) is 0 Å². The van der Waals surface area contributed by atoms with E-state index in [1.54, 1.807) is 48.5 Å². The Labute approximate surface area is 158 Å². The Hall–Kier alpha value is -2.02. The monoisotopic (exact) mass is 392 g/mol. The highest BCUT2D eigenvalue weighted by atomic mass is 35.5. The number of nitrogens with zero attached hydrogens (tertiary/aromatic N) is 1. The average molecular weight is 393 g/mol. The van der Waals surface area contributed by atoms with Crippen molar-refractivity contribution in [2.45, 2.75) is 17.7 Å². The Bertz CT molecular complexity index is 985. The first-order chi connectivity index (χ1) is 12.5. The summed E-state index contributed by atoms with van der Waals surface area (Å²) in [6.07, 6.45) is 3.40. The normalized spacial score (nSPS) is 11.8. The number of halogens is 1. The molecular weight excluding hydrogens is 372 g/mol. The second-order valence-corrected chi connectivity index (χ2v) is 8.18. The van der Waals surface area contributed by atoms with Gasteiger partial charge in [0.05, 0.1) is 23.2 Å². The van der Waals surface area contributed by atoms with E-state index in [1.165, 1.54) is 10.2 Å². The molecule has 0 spiro atoms. The van der Waals surface area contributed by atoms with Crippen LogP contribution in [0.15, 0.2) is 59.6 Å². The van der Waals surface area contributed by atoms with Crippen molar-refractivity contribution >= 4 is 32.5 Å². The number of rotatable bonds is 8. The number of fused-ring (bicyclic) bond motifs is 1. The molecule has 5 nitrogen and oxygen atoms in total. The minimum absolute atomic E-state index is 0.220. The second-order valence-electron chi connectivity index (χ2n) is 5.93. The third kappa shape index (κ3) is 3.87. The molecule has 3 rings (SSSR count). The van der Waals surface area contributed by atoms with E-state index in [9.17, 15) is 8.42 Å². The van der Waals surface area contributed by atoms with Crippen molar-refractivity contribution in [3.63, 3.8) is 0 Å². The van der Waals surface area contributed by atoms with Crippen LogP contribution >= 0.6 is 11.6 Å². The van der Waals surface area contributed by atoms with Gasteiger partial charge in [-0.1, -0.05) is 29.8 Å². The molecule has 138 valence electrons. The third-order valence-electron chi connectivity index (χ3n) is 4.08. The van der Waals surface area contributed by atoms with Crippen LogP contribution in [0, 0.1) is 0 Å². The summed E-state index contributed by atoms with van der Waals surface area (Å²) >= 11 is 6.10. The van der Waals surface area contributed by atoms with Gasteiger partial charge in [0, 0.05) is 10.4 Å². The quantitative estimate of drug-likeness (QED) is 0.590. The Kier molecular flexibility index (Phi) is 5.86. The van der Waals surface area contributed by atoms with Gasteiger partial charge in [0.25, 0.3) is 10.0 Å². The maximum atomic E-state index is 13.0. The molecule has 0 saturated carbocycles. The zero-order chi connectivity index (χ0) is 18.6. The van der Waals surface area contributed by atoms with Crippen LogP contribution < -0.4 is 10.1 Å². The maximum absolute atomic E-state index is 13.0. The van der Waals surface area contributed by atoms with Crippen LogP contribution in [0.4, 0.5) is 0 Å². The summed E-state index contributed by atoms with van der Waals surface area (Å²) in [5.41, 5.74) is 0.506. The minimum Gasteiger partial charge on any atom is -0.491 e. The first-order valence-corrected chi connectivity index (χ1v) is 10.2. The molecule has 0 bridgehead atoms. The Morgan fingerprint density at radius 1 is 1.12 bits per heavy atom. The summed E-state index contributed by atoms with van der Waals surface area (Å²) in [5.74, 6) is 0.542. The molecule has 2 aromatic carbocycles. The Morgan fingerprint density at radius 2 is 1.88 bits per heavy atom. The molecule has 0 amide bonds. The van der Waals surface area contributed by atoms with E-state index in [0.717, 1.165) is 24.8 Å². The molecule has 0 saturated heterocycles. The Morgan fingerprint density at radius 3 is 2.62 bits per heavy atom. The Balaban J connectivity index is 1.99. The van der Waals surface area contributed by atoms with Gasteiger partial charge in [0.2, 0.25) is 0 Å². The van der Waals surface area contributed by atoms with Gasteiger partial charge in [-0.25, -0.2) is 12.4 Å². The number of benzene rings is 2. The second kappa shape index (κ2) is 8.12. The van der Waals surface area contributed by atoms with Crippen molar-refractivity contribution < 1.29 is 13.2 Å². The van der Waals surface area contributed by atoms with Crippen molar-refractivity contribution in [3.05, 3.63) is 59.8 Å². The number of nitrogens with one attached hydrogen (secondary N) is 1. The van der Waals surface area contributed by atoms with Crippen LogP contribution in [0.5, 0.6) is 5.75 Å². The van der Waals surface area contributed by atoms with E-state index in [4.69, 9.17) is 16.3 Å². The van der Waals surface area contributed by atoms with E-state index in [-0.39, 0.29) is 4.90 Å². The van der Waals surface area contributed by atoms with E-state index in [1.807, 2.05) is 7.05 Å². The maximum Gasteiger partial charge on any atom is 0.268 e. The van der Waals surface area contributed by atoms with Crippen LogP contribution in [-0.4, -0.2) is 32.6 Å². The van der Waals surface area contributed by atoms with Crippen molar-refractivity contribution in [2.75, 3.05) is 20.2 Å². The standard InChI is InChI=1S/C19H21ClN2O3S/c1-21-11-5-6-12-25-19-14-22(18-13-15(20)9-10-17(18)19)26(23,24)16-7-3-2-4-8-16/h2-4,7-10,13-14,21H,5-6,11-12H2,1H3. The van der Waals surface area contributed by atoms with Crippen LogP contribution in [-0.2, 0) is 10.0 Å². The van der Waals surface area contributed by atoms with Crippen LogP contribution in [0.2, 0.25) is 5.02 Å². The lowest BCUT2D eigenvalue weighted by Gasteiger charge is -2.07. The molecule has 0 fully saturated rings. The number of hydrogen-bond donors (Lipinski definition) is 1. The molecule has 1 aromatic heterocycles. The predicted octanol–water partition coefficient (Wildman–Crippen LogP) is 3.91. The highest BCUT2D eigenvalue weighted by Gasteiger charge is 2.22. The summed E-state index contributed by atoms with van der Waals surface area (Å²) in [6, 6.07) is 13.5. The molecule has 7 heteroatoms. The number of ether oxygens (including phenoxy) is 1. The van der Waals surface area contributed by atoms with E-state index in [0.29, 0.717) is 22.9 Å². The summed E-state index contributed by atoms with van der Waals surface area (Å²) in [7, 11) is -1.82. The first kappa shape index (κ1) is 18.8. The lowest BCUT2D eigenvalue weighted by Crippen LogP contribution is -2.11. The van der Waals surface area contributed by atoms with Crippen LogP contribution in [0.1, 0.15) is 12.8 Å². The lowest BCUT2D eigenvalue weighted by molar-refractivity contribution is 0.309. The number of aromatic nitrogens is 1. The van der Waals surface area contributed by atoms with Crippen LogP contribution in [0.25, 0.3) is 10.9 Å². The zero-order valence-electron chi connectivity index (χ0n) is 14.5. The highest BCUT2D eigenvalue weighted by Crippen LogP contribution is 2.33. The third-order valence-corrected chi connectivity index (χ3v) is 6.00. The van der Waals surface area contributed by atoms with Crippen molar-refractivity contribution in [2.24, 2.45) is 0 Å². The van der Waals surface area contributed by atoms with E-state index < -0.39 is 10.0 Å². The summed E-state index contributed by atoms with van der Waals surface area (Å²) in [4.78, 5) is 0.220. The van der Waals surface area contributed by atoms with Crippen molar-refractivity contribution in [1.29, 1.82) is 0 Å². The lowest BCUT2D eigenvalue weighted by atomic mass is 10.2. The fourth-order valence-corrected chi connectivity index (χ4v) is 4.29. The largest absolute Gasteiger partial charge is 0.491 e. The molecule has 0 aliphatic carbocycles. The van der Waals surface area contributed by atoms with Gasteiger partial charge >= 0.3 is 0 Å². The van der Waals surface area contributed by atoms with Gasteiger partial charge in [-0.15, -0.1) is 0 Å². The van der Waals surface area contributed by atoms with E-state index >= 15 is 0 Å². The van der Waals surface area contributed by atoms with Gasteiger partial charge in [0.1, 0.15) is 5.75 Å². The molecule has 1 N–H and O–H groups in total. The average Bonchev–Trinajstić information content (AvgIpc) is 3.01. The van der Waals surface area contributed by atoms with Crippen molar-refractivity contribution in [1.82, 2.24) is 9.29 Å². The molecular formula is C19H21ClN2O3S. The molecule has 0 aliphatic heterocycles. The molecule has 26 heavy (non-hydrogen) atoms. The van der Waals surface area contributed by atoms with Crippen molar-refractivity contribution in [3.8, 4) is 5.75 Å². The van der Waals surface area contributed by atoms with E-state index in [2.05, 4.69) is 5.32 Å². The van der Waals surface area contributed by atoms with Gasteiger partial charge in [0.15, 0.2) is 0 Å². The summed E-state index contributed by atoms with van der Waals surface area (Å²) in [5, 5.41) is 4.29. The summed E-state index contributed by atoms with van der Waals surface area (Å²) < 4.78 is 33.2. The minimum atomic E-state index is -3.73. The fourth-order valence-electron chi connectivity index (χ4n) is 2.75. The fraction of sp³-hybridized carbons (Fsp3) is 0.263. The molecule has 0 unspecified atom stereocenters. The van der Waals surface area contributed by atoms with Gasteiger partial charge in [-0.3, -0.25) is 0 Å². The molecule has 0 radical (unpaired) electrons. The first-order valence-electron chi connectivity index (χ1n) is 8.42. The molecule has 0 atom stereocenters. The molecule has 0 aliphatic rings. The topological polar surface area (TPSA) is 60.3 Å².